The Kier molecular flexibility index (Phi) is 4.16. The number of hydrogen-bond acceptors (Lipinski definition) is 3. The Morgan fingerprint density at radius 3 is 2.58 bits per heavy atom. The van der Waals surface area contributed by atoms with Crippen molar-refractivity contribution >= 4 is 11.9 Å². The van der Waals surface area contributed by atoms with Gasteiger partial charge in [0.15, 0.2) is 0 Å². The first-order valence-electron chi connectivity index (χ1n) is 6.40. The van der Waals surface area contributed by atoms with E-state index in [0.29, 0.717) is 18.7 Å². The van der Waals surface area contributed by atoms with Crippen molar-refractivity contribution in [2.45, 2.75) is 19.4 Å². The van der Waals surface area contributed by atoms with Crippen LogP contribution in [0.5, 0.6) is 0 Å². The monoisotopic (exact) mass is 262 g/mol. The summed E-state index contributed by atoms with van der Waals surface area (Å²) < 4.78 is 0. The Balaban J connectivity index is 1.96. The summed E-state index contributed by atoms with van der Waals surface area (Å²) in [6, 6.07) is 7.14. The third-order valence-electron chi connectivity index (χ3n) is 3.50. The molecule has 2 rings (SSSR count). The molecule has 0 aliphatic carbocycles. The van der Waals surface area contributed by atoms with Crippen molar-refractivity contribution in [1.82, 2.24) is 4.90 Å². The van der Waals surface area contributed by atoms with Crippen LogP contribution in [0.4, 0.5) is 0 Å². The topological polar surface area (TPSA) is 83.6 Å². The van der Waals surface area contributed by atoms with Crippen molar-refractivity contribution in [1.29, 1.82) is 0 Å². The second-order valence-electron chi connectivity index (χ2n) is 4.97. The van der Waals surface area contributed by atoms with Crippen LogP contribution < -0.4 is 5.73 Å². The van der Waals surface area contributed by atoms with Crippen molar-refractivity contribution in [3.05, 3.63) is 35.4 Å². The molecular weight excluding hydrogens is 244 g/mol. The lowest BCUT2D eigenvalue weighted by Crippen LogP contribution is -2.38. The molecule has 1 fully saturated rings. The Bertz CT molecular complexity index is 470. The van der Waals surface area contributed by atoms with Crippen LogP contribution in [0, 0.1) is 5.92 Å². The number of primary amides is 1. The molecule has 0 bridgehead atoms. The maximum Gasteiger partial charge on any atom is 0.307 e. The van der Waals surface area contributed by atoms with E-state index in [2.05, 4.69) is 4.90 Å². The largest absolute Gasteiger partial charge is 0.481 e. The normalized spacial score (nSPS) is 20.1. The highest BCUT2D eigenvalue weighted by Crippen LogP contribution is 2.18. The number of piperidine rings is 1. The van der Waals surface area contributed by atoms with Gasteiger partial charge in [-0.1, -0.05) is 12.1 Å². The van der Waals surface area contributed by atoms with Crippen molar-refractivity contribution < 1.29 is 14.7 Å². The van der Waals surface area contributed by atoms with Crippen LogP contribution in [0.15, 0.2) is 24.3 Å². The standard InChI is InChI=1S/C14H18N2O3/c15-13(17)11-5-3-10(4-6-11)8-16-7-1-2-12(9-16)14(18)19/h3-6,12H,1-2,7-9H2,(H2,15,17)(H,18,19). The number of nitrogens with zero attached hydrogens (tertiary/aromatic N) is 1. The summed E-state index contributed by atoms with van der Waals surface area (Å²) in [5.41, 5.74) is 6.74. The molecule has 1 aromatic rings. The average Bonchev–Trinajstić information content (AvgIpc) is 2.39. The molecule has 5 heteroatoms. The third-order valence-corrected chi connectivity index (χ3v) is 3.50. The van der Waals surface area contributed by atoms with Gasteiger partial charge >= 0.3 is 5.97 Å². The minimum Gasteiger partial charge on any atom is -0.481 e. The lowest BCUT2D eigenvalue weighted by Gasteiger charge is -2.30. The molecular formula is C14H18N2O3. The van der Waals surface area contributed by atoms with E-state index >= 15 is 0 Å². The van der Waals surface area contributed by atoms with E-state index in [1.54, 1.807) is 12.1 Å². The van der Waals surface area contributed by atoms with Gasteiger partial charge in [-0.2, -0.15) is 0 Å². The molecule has 0 spiro atoms. The van der Waals surface area contributed by atoms with Gasteiger partial charge in [0.25, 0.3) is 0 Å². The Hall–Kier alpha value is -1.88. The number of rotatable bonds is 4. The van der Waals surface area contributed by atoms with E-state index < -0.39 is 11.9 Å². The smallest absolute Gasteiger partial charge is 0.307 e. The molecule has 0 saturated carbocycles. The average molecular weight is 262 g/mol. The summed E-state index contributed by atoms with van der Waals surface area (Å²) in [5.74, 6) is -1.41. The molecule has 1 heterocycles. The molecule has 1 atom stereocenters. The number of aliphatic carboxylic acids is 1. The van der Waals surface area contributed by atoms with Crippen LogP contribution in [0.1, 0.15) is 28.8 Å². The maximum absolute atomic E-state index is 11.0. The number of nitrogens with two attached hydrogens (primary N) is 1. The Labute approximate surface area is 112 Å². The first-order chi connectivity index (χ1) is 9.06. The van der Waals surface area contributed by atoms with Gasteiger partial charge in [-0.25, -0.2) is 0 Å². The summed E-state index contributed by atoms with van der Waals surface area (Å²) >= 11 is 0. The molecule has 1 aromatic carbocycles. The molecule has 1 aliphatic rings. The summed E-state index contributed by atoms with van der Waals surface area (Å²) in [4.78, 5) is 24.1. The number of carbonyl (C=O) groups is 2. The maximum atomic E-state index is 11.0. The quantitative estimate of drug-likeness (QED) is 0.850. The van der Waals surface area contributed by atoms with Crippen LogP contribution in [-0.2, 0) is 11.3 Å². The van der Waals surface area contributed by atoms with E-state index in [9.17, 15) is 9.59 Å². The first kappa shape index (κ1) is 13.5. The van der Waals surface area contributed by atoms with Gasteiger partial charge in [-0.05, 0) is 37.1 Å². The molecule has 19 heavy (non-hydrogen) atoms. The predicted molar refractivity (Wildman–Crippen MR) is 70.6 cm³/mol. The van der Waals surface area contributed by atoms with E-state index in [0.717, 1.165) is 24.9 Å². The molecule has 5 nitrogen and oxygen atoms in total. The molecule has 102 valence electrons. The lowest BCUT2D eigenvalue weighted by molar-refractivity contribution is -0.143. The van der Waals surface area contributed by atoms with E-state index in [4.69, 9.17) is 10.8 Å². The summed E-state index contributed by atoms with van der Waals surface area (Å²) in [5, 5.41) is 9.04. The first-order valence-corrected chi connectivity index (χ1v) is 6.40. The molecule has 0 radical (unpaired) electrons. The number of amides is 1. The van der Waals surface area contributed by atoms with Crippen LogP contribution in [-0.4, -0.2) is 35.0 Å². The van der Waals surface area contributed by atoms with Crippen molar-refractivity contribution in [3.63, 3.8) is 0 Å². The van der Waals surface area contributed by atoms with Crippen molar-refractivity contribution in [2.24, 2.45) is 11.7 Å². The number of carboxylic acid groups (broad SMARTS) is 1. The molecule has 1 amide bonds. The SMILES string of the molecule is NC(=O)c1ccc(CN2CCCC(C(=O)O)C2)cc1. The zero-order valence-electron chi connectivity index (χ0n) is 10.7. The molecule has 1 saturated heterocycles. The third kappa shape index (κ3) is 3.54. The number of carboxylic acids is 1. The zero-order valence-corrected chi connectivity index (χ0v) is 10.7. The number of benzene rings is 1. The molecule has 1 unspecified atom stereocenters. The summed E-state index contributed by atoms with van der Waals surface area (Å²) in [6.07, 6.45) is 1.67. The summed E-state index contributed by atoms with van der Waals surface area (Å²) in [7, 11) is 0. The van der Waals surface area contributed by atoms with Gasteiger partial charge in [0.05, 0.1) is 5.92 Å². The van der Waals surface area contributed by atoms with E-state index in [1.165, 1.54) is 0 Å². The highest BCUT2D eigenvalue weighted by atomic mass is 16.4. The molecule has 0 aromatic heterocycles. The highest BCUT2D eigenvalue weighted by Gasteiger charge is 2.25. The second kappa shape index (κ2) is 5.84. The van der Waals surface area contributed by atoms with Crippen LogP contribution in [0.25, 0.3) is 0 Å². The fourth-order valence-corrected chi connectivity index (χ4v) is 2.43. The number of carbonyl (C=O) groups excluding carboxylic acids is 1. The van der Waals surface area contributed by atoms with Gasteiger partial charge in [0.2, 0.25) is 5.91 Å². The highest BCUT2D eigenvalue weighted by molar-refractivity contribution is 5.92. The minimum atomic E-state index is -0.714. The second-order valence-corrected chi connectivity index (χ2v) is 4.97. The predicted octanol–water partition coefficient (Wildman–Crippen LogP) is 1.08. The van der Waals surface area contributed by atoms with Gasteiger partial charge in [-0.15, -0.1) is 0 Å². The van der Waals surface area contributed by atoms with Crippen LogP contribution in [0.3, 0.4) is 0 Å². The number of hydrogen-bond donors (Lipinski definition) is 2. The van der Waals surface area contributed by atoms with Gasteiger partial charge < -0.3 is 10.8 Å². The lowest BCUT2D eigenvalue weighted by atomic mass is 9.98. The zero-order chi connectivity index (χ0) is 13.8. The van der Waals surface area contributed by atoms with Crippen LogP contribution >= 0.6 is 0 Å². The molecule has 3 N–H and O–H groups in total. The molecule has 1 aliphatic heterocycles. The van der Waals surface area contributed by atoms with Crippen LogP contribution in [0.2, 0.25) is 0 Å². The fraction of sp³-hybridized carbons (Fsp3) is 0.429. The Morgan fingerprint density at radius 2 is 2.00 bits per heavy atom. The minimum absolute atomic E-state index is 0.265. The van der Waals surface area contributed by atoms with E-state index in [-0.39, 0.29) is 5.92 Å². The van der Waals surface area contributed by atoms with Crippen molar-refractivity contribution in [2.75, 3.05) is 13.1 Å². The van der Waals surface area contributed by atoms with Crippen molar-refractivity contribution in [3.8, 4) is 0 Å². The van der Waals surface area contributed by atoms with Gasteiger partial charge in [-0.3, -0.25) is 14.5 Å². The summed E-state index contributed by atoms with van der Waals surface area (Å²) in [6.45, 7) is 2.22. The van der Waals surface area contributed by atoms with Gasteiger partial charge in [0.1, 0.15) is 0 Å². The Morgan fingerprint density at radius 1 is 1.32 bits per heavy atom. The van der Waals surface area contributed by atoms with Gasteiger partial charge in [0, 0.05) is 18.7 Å². The van der Waals surface area contributed by atoms with E-state index in [1.807, 2.05) is 12.1 Å². The number of likely N-dealkylation sites (tertiary alicyclic amines) is 1. The fourth-order valence-electron chi connectivity index (χ4n) is 2.43.